The number of carbonyl (C=O) groups is 1. The van der Waals surface area contributed by atoms with Gasteiger partial charge in [-0.3, -0.25) is 10.1 Å². The van der Waals surface area contributed by atoms with Gasteiger partial charge in [0.25, 0.3) is 0 Å². The molecule has 6 heteroatoms. The third-order valence-electron chi connectivity index (χ3n) is 5.17. The number of carbonyl (C=O) groups excluding carboxylic acids is 1. The minimum Gasteiger partial charge on any atom is -0.449 e. The number of alkyl carbamates (subject to hydrolysis) is 1. The van der Waals surface area contributed by atoms with Crippen molar-refractivity contribution >= 4 is 6.09 Å². The number of nitro groups is 1. The van der Waals surface area contributed by atoms with Gasteiger partial charge in [0, 0.05) is 10.8 Å². The van der Waals surface area contributed by atoms with Gasteiger partial charge in [0.1, 0.15) is 12.6 Å². The standard InChI is InChI=1S/C23H20N2O4/c26-23(24-22(14-25(27)28)16-8-2-1-3-9-16)29-15-21-19-12-6-4-10-17(19)18-11-5-7-13-20(18)21/h1-13,21-22H,14-15H2,(H,24,26). The lowest BCUT2D eigenvalue weighted by Gasteiger charge is -2.18. The van der Waals surface area contributed by atoms with E-state index in [1.165, 1.54) is 0 Å². The monoisotopic (exact) mass is 388 g/mol. The SMILES string of the molecule is O=C(NC(C[N+](=O)[O-])c1ccccc1)OCC1c2ccccc2-c2ccccc21. The smallest absolute Gasteiger partial charge is 0.407 e. The fourth-order valence-corrected chi connectivity index (χ4v) is 3.85. The molecule has 0 fully saturated rings. The predicted molar refractivity (Wildman–Crippen MR) is 109 cm³/mol. The second-order valence-corrected chi connectivity index (χ2v) is 6.95. The highest BCUT2D eigenvalue weighted by Gasteiger charge is 2.29. The van der Waals surface area contributed by atoms with Gasteiger partial charge in [-0.1, -0.05) is 78.9 Å². The van der Waals surface area contributed by atoms with E-state index in [2.05, 4.69) is 17.4 Å². The highest BCUT2D eigenvalue weighted by molar-refractivity contribution is 5.79. The van der Waals surface area contributed by atoms with Gasteiger partial charge < -0.3 is 10.1 Å². The number of fused-ring (bicyclic) bond motifs is 3. The molecular weight excluding hydrogens is 368 g/mol. The van der Waals surface area contributed by atoms with Crippen molar-refractivity contribution in [3.8, 4) is 11.1 Å². The van der Waals surface area contributed by atoms with Crippen molar-refractivity contribution in [2.24, 2.45) is 0 Å². The summed E-state index contributed by atoms with van der Waals surface area (Å²) in [6.45, 7) is -0.242. The highest BCUT2D eigenvalue weighted by Crippen LogP contribution is 2.44. The van der Waals surface area contributed by atoms with Crippen LogP contribution in [0, 0.1) is 10.1 Å². The molecule has 0 saturated heterocycles. The largest absolute Gasteiger partial charge is 0.449 e. The lowest BCUT2D eigenvalue weighted by Crippen LogP contribution is -2.34. The van der Waals surface area contributed by atoms with Crippen molar-refractivity contribution in [1.29, 1.82) is 0 Å². The van der Waals surface area contributed by atoms with Crippen molar-refractivity contribution in [1.82, 2.24) is 5.32 Å². The van der Waals surface area contributed by atoms with Gasteiger partial charge in [0.05, 0.1) is 0 Å². The number of rotatable bonds is 6. The Balaban J connectivity index is 1.47. The molecule has 0 heterocycles. The van der Waals surface area contributed by atoms with Crippen LogP contribution in [0.5, 0.6) is 0 Å². The van der Waals surface area contributed by atoms with E-state index in [0.29, 0.717) is 5.56 Å². The van der Waals surface area contributed by atoms with Gasteiger partial charge in [-0.15, -0.1) is 0 Å². The van der Waals surface area contributed by atoms with Gasteiger partial charge in [-0.2, -0.15) is 0 Å². The molecule has 1 aliphatic carbocycles. The zero-order chi connectivity index (χ0) is 20.2. The molecule has 6 nitrogen and oxygen atoms in total. The molecule has 1 aliphatic rings. The zero-order valence-corrected chi connectivity index (χ0v) is 15.7. The molecule has 0 saturated carbocycles. The Kier molecular flexibility index (Phi) is 5.24. The average Bonchev–Trinajstić information content (AvgIpc) is 3.06. The number of nitrogens with zero attached hydrogens (tertiary/aromatic N) is 1. The highest BCUT2D eigenvalue weighted by atomic mass is 16.6. The first-order valence-corrected chi connectivity index (χ1v) is 9.41. The van der Waals surface area contributed by atoms with Gasteiger partial charge >= 0.3 is 6.09 Å². The number of amides is 1. The molecule has 0 aliphatic heterocycles. The van der Waals surface area contributed by atoms with Crippen molar-refractivity contribution in [3.05, 3.63) is 106 Å². The molecule has 1 N–H and O–H groups in total. The first-order valence-electron chi connectivity index (χ1n) is 9.41. The Morgan fingerprint density at radius 2 is 1.48 bits per heavy atom. The van der Waals surface area contributed by atoms with E-state index >= 15 is 0 Å². The second-order valence-electron chi connectivity index (χ2n) is 6.95. The summed E-state index contributed by atoms with van der Waals surface area (Å²) >= 11 is 0. The lowest BCUT2D eigenvalue weighted by molar-refractivity contribution is -0.484. The number of hydrogen-bond acceptors (Lipinski definition) is 4. The maximum Gasteiger partial charge on any atom is 0.407 e. The minimum absolute atomic E-state index is 0.0566. The minimum atomic E-state index is -0.748. The third kappa shape index (κ3) is 3.96. The third-order valence-corrected chi connectivity index (χ3v) is 5.17. The second kappa shape index (κ2) is 8.14. The molecule has 0 spiro atoms. The van der Waals surface area contributed by atoms with E-state index in [4.69, 9.17) is 4.74 Å². The van der Waals surface area contributed by atoms with E-state index in [-0.39, 0.29) is 12.5 Å². The molecule has 1 unspecified atom stereocenters. The molecule has 3 aromatic carbocycles. The van der Waals surface area contributed by atoms with E-state index in [1.54, 1.807) is 24.3 Å². The predicted octanol–water partition coefficient (Wildman–Crippen LogP) is 4.54. The molecule has 0 bridgehead atoms. The van der Waals surface area contributed by atoms with Gasteiger partial charge in [-0.25, -0.2) is 4.79 Å². The van der Waals surface area contributed by atoms with Crippen molar-refractivity contribution < 1.29 is 14.5 Å². The van der Waals surface area contributed by atoms with Crippen molar-refractivity contribution in [2.75, 3.05) is 13.2 Å². The number of nitrogens with one attached hydrogen (secondary N) is 1. The van der Waals surface area contributed by atoms with Crippen molar-refractivity contribution in [2.45, 2.75) is 12.0 Å². The Hall–Kier alpha value is -3.67. The maximum absolute atomic E-state index is 12.4. The van der Waals surface area contributed by atoms with Crippen LogP contribution in [-0.2, 0) is 4.74 Å². The van der Waals surface area contributed by atoms with E-state index in [1.807, 2.05) is 42.5 Å². The average molecular weight is 388 g/mol. The Bertz CT molecular complexity index is 990. The number of hydrogen-bond donors (Lipinski definition) is 1. The molecule has 0 aromatic heterocycles. The lowest BCUT2D eigenvalue weighted by atomic mass is 9.98. The van der Waals surface area contributed by atoms with Gasteiger partial charge in [0.15, 0.2) is 0 Å². The molecule has 3 aromatic rings. The normalized spacial score (nSPS) is 13.2. The summed E-state index contributed by atoms with van der Waals surface area (Å²) < 4.78 is 5.50. The summed E-state index contributed by atoms with van der Waals surface area (Å²) in [5.74, 6) is -0.0566. The van der Waals surface area contributed by atoms with Crippen LogP contribution in [-0.4, -0.2) is 24.2 Å². The zero-order valence-electron chi connectivity index (χ0n) is 15.7. The summed E-state index contributed by atoms with van der Waals surface area (Å²) in [4.78, 5) is 23.0. The fraction of sp³-hybridized carbons (Fsp3) is 0.174. The molecule has 1 atom stereocenters. The Morgan fingerprint density at radius 3 is 2.07 bits per heavy atom. The van der Waals surface area contributed by atoms with Crippen molar-refractivity contribution in [3.63, 3.8) is 0 Å². The van der Waals surface area contributed by atoms with E-state index < -0.39 is 23.6 Å². The van der Waals surface area contributed by atoms with Crippen LogP contribution in [0.3, 0.4) is 0 Å². The summed E-state index contributed by atoms with van der Waals surface area (Å²) in [6.07, 6.45) is -0.664. The topological polar surface area (TPSA) is 81.5 Å². The summed E-state index contributed by atoms with van der Waals surface area (Å²) in [5.41, 5.74) is 5.19. The number of benzene rings is 3. The van der Waals surface area contributed by atoms with E-state index in [9.17, 15) is 14.9 Å². The summed E-state index contributed by atoms with van der Waals surface area (Å²) in [7, 11) is 0. The van der Waals surface area contributed by atoms with Crippen LogP contribution in [0.25, 0.3) is 11.1 Å². The molecule has 4 rings (SSSR count). The van der Waals surface area contributed by atoms with Crippen LogP contribution in [0.2, 0.25) is 0 Å². The Labute approximate surface area is 168 Å². The maximum atomic E-state index is 12.4. The molecular formula is C23H20N2O4. The van der Waals surface area contributed by atoms with Gasteiger partial charge in [0.2, 0.25) is 6.54 Å². The molecule has 1 amide bonds. The van der Waals surface area contributed by atoms with Crippen LogP contribution in [0.15, 0.2) is 78.9 Å². The summed E-state index contributed by atoms with van der Waals surface area (Å²) in [6, 6.07) is 24.3. The van der Waals surface area contributed by atoms with Gasteiger partial charge in [-0.05, 0) is 27.8 Å². The van der Waals surface area contributed by atoms with E-state index in [0.717, 1.165) is 22.3 Å². The fourth-order valence-electron chi connectivity index (χ4n) is 3.85. The first kappa shape index (κ1) is 18.7. The summed E-state index contributed by atoms with van der Waals surface area (Å²) in [5, 5.41) is 13.7. The number of ether oxygens (including phenoxy) is 1. The van der Waals surface area contributed by atoms with Crippen LogP contribution < -0.4 is 5.32 Å². The molecule has 29 heavy (non-hydrogen) atoms. The van der Waals surface area contributed by atoms with Crippen LogP contribution in [0.4, 0.5) is 4.79 Å². The first-order chi connectivity index (χ1) is 14.1. The quantitative estimate of drug-likeness (QED) is 0.496. The Morgan fingerprint density at radius 1 is 0.931 bits per heavy atom. The van der Waals surface area contributed by atoms with Crippen LogP contribution >= 0.6 is 0 Å². The molecule has 0 radical (unpaired) electrons. The molecule has 146 valence electrons. The van der Waals surface area contributed by atoms with Crippen LogP contribution in [0.1, 0.15) is 28.7 Å².